The number of amides is 2. The van der Waals surface area contributed by atoms with Crippen LogP contribution in [0.5, 0.6) is 11.5 Å². The average Bonchev–Trinajstić information content (AvgIpc) is 3.32. The number of benzene rings is 1. The van der Waals surface area contributed by atoms with Gasteiger partial charge in [-0.1, -0.05) is 25.4 Å². The van der Waals surface area contributed by atoms with Crippen molar-refractivity contribution >= 4 is 48.4 Å². The summed E-state index contributed by atoms with van der Waals surface area (Å²) in [6.07, 6.45) is 0.204. The molecule has 3 saturated heterocycles. The highest BCUT2D eigenvalue weighted by atomic mass is 79.9. The Balaban J connectivity index is 1.81. The molecule has 146 valence electrons. The molecule has 0 aromatic heterocycles. The van der Waals surface area contributed by atoms with Crippen molar-refractivity contribution in [3.05, 3.63) is 22.2 Å². The fraction of sp³-hybridized carbons (Fsp3) is 0.500. The van der Waals surface area contributed by atoms with Gasteiger partial charge in [-0.2, -0.15) is 5.26 Å². The van der Waals surface area contributed by atoms with E-state index in [9.17, 15) is 14.9 Å². The molecule has 4 aliphatic rings. The molecule has 1 aromatic carbocycles. The Kier molecular flexibility index (Phi) is 3.44. The number of hydrogen-bond donors (Lipinski definition) is 0. The van der Waals surface area contributed by atoms with E-state index in [0.29, 0.717) is 21.5 Å². The van der Waals surface area contributed by atoms with Gasteiger partial charge in [0.2, 0.25) is 6.79 Å². The number of nitrogens with zero attached hydrogens (tertiary/aromatic N) is 3. The van der Waals surface area contributed by atoms with Gasteiger partial charge in [-0.25, -0.2) is 0 Å². The van der Waals surface area contributed by atoms with Crippen LogP contribution < -0.4 is 9.47 Å². The number of piperazine rings is 1. The molecule has 0 radical (unpaired) electrons. The van der Waals surface area contributed by atoms with Gasteiger partial charge in [-0.15, -0.1) is 0 Å². The number of nitriles is 1. The fourth-order valence-corrected chi connectivity index (χ4v) is 9.04. The zero-order valence-corrected chi connectivity index (χ0v) is 18.5. The van der Waals surface area contributed by atoms with Crippen molar-refractivity contribution < 1.29 is 19.1 Å². The number of halogens is 1. The van der Waals surface area contributed by atoms with Gasteiger partial charge in [0.25, 0.3) is 11.8 Å². The highest BCUT2D eigenvalue weighted by Crippen LogP contribution is 2.66. The minimum atomic E-state index is -1.17. The van der Waals surface area contributed by atoms with Crippen LogP contribution in [-0.4, -0.2) is 45.2 Å². The van der Waals surface area contributed by atoms with Crippen molar-refractivity contribution in [2.24, 2.45) is 5.41 Å². The molecule has 2 amide bonds. The summed E-state index contributed by atoms with van der Waals surface area (Å²) in [5.41, 5.74) is -0.353. The lowest BCUT2D eigenvalue weighted by Gasteiger charge is -2.40. The van der Waals surface area contributed by atoms with E-state index < -0.39 is 30.7 Å². The van der Waals surface area contributed by atoms with Crippen molar-refractivity contribution in [2.45, 2.75) is 36.1 Å². The monoisotopic (exact) mass is 481 g/mol. The predicted octanol–water partition coefficient (Wildman–Crippen LogP) is 1.96. The van der Waals surface area contributed by atoms with Crippen molar-refractivity contribution in [1.29, 1.82) is 5.26 Å². The summed E-state index contributed by atoms with van der Waals surface area (Å²) >= 11 is 9.36. The molecule has 5 atom stereocenters. The first-order valence-electron chi connectivity index (χ1n) is 8.68. The Bertz CT molecular complexity index is 1060. The molecule has 3 fully saturated rings. The van der Waals surface area contributed by atoms with Crippen molar-refractivity contribution in [3.8, 4) is 17.6 Å². The van der Waals surface area contributed by atoms with Gasteiger partial charge in [0, 0.05) is 23.5 Å². The molecular formula is C18H16BrN3O4S2. The van der Waals surface area contributed by atoms with E-state index in [0.717, 1.165) is 0 Å². The van der Waals surface area contributed by atoms with Crippen LogP contribution in [0, 0.1) is 16.7 Å². The molecular weight excluding hydrogens is 466 g/mol. The first-order valence-corrected chi connectivity index (χ1v) is 11.6. The van der Waals surface area contributed by atoms with Gasteiger partial charge in [-0.05, 0) is 37.2 Å². The van der Waals surface area contributed by atoms with E-state index in [1.165, 1.54) is 4.90 Å². The van der Waals surface area contributed by atoms with Crippen LogP contribution >= 0.6 is 15.9 Å². The van der Waals surface area contributed by atoms with Crippen LogP contribution in [0.3, 0.4) is 0 Å². The zero-order valence-electron chi connectivity index (χ0n) is 15.3. The van der Waals surface area contributed by atoms with E-state index in [-0.39, 0.29) is 25.0 Å². The van der Waals surface area contributed by atoms with E-state index in [2.05, 4.69) is 22.0 Å². The third kappa shape index (κ3) is 1.69. The Morgan fingerprint density at radius 1 is 1.32 bits per heavy atom. The summed E-state index contributed by atoms with van der Waals surface area (Å²) in [4.78, 5) is 27.8. The van der Waals surface area contributed by atoms with Crippen molar-refractivity contribution in [2.75, 3.05) is 13.8 Å². The van der Waals surface area contributed by atoms with E-state index in [4.69, 9.17) is 20.7 Å². The van der Waals surface area contributed by atoms with Crippen LogP contribution in [-0.2, 0) is 30.2 Å². The van der Waals surface area contributed by atoms with Crippen molar-refractivity contribution in [1.82, 2.24) is 9.80 Å². The number of hydrogen-bond acceptors (Lipinski definition) is 6. The molecule has 0 aliphatic carbocycles. The van der Waals surface area contributed by atoms with Gasteiger partial charge < -0.3 is 19.3 Å². The van der Waals surface area contributed by atoms with Crippen LogP contribution in [0.2, 0.25) is 0 Å². The van der Waals surface area contributed by atoms with Crippen molar-refractivity contribution in [3.63, 3.8) is 0 Å². The molecule has 4 aliphatic heterocycles. The first kappa shape index (κ1) is 18.3. The van der Waals surface area contributed by atoms with Crippen LogP contribution in [0.25, 0.3) is 0 Å². The van der Waals surface area contributed by atoms with Crippen LogP contribution in [0.1, 0.15) is 31.9 Å². The quantitative estimate of drug-likeness (QED) is 0.609. The van der Waals surface area contributed by atoms with Crippen LogP contribution in [0.15, 0.2) is 16.6 Å². The maximum absolute atomic E-state index is 13.6. The first-order chi connectivity index (χ1) is 13.1. The normalized spacial score (nSPS) is 40.2. The highest BCUT2D eigenvalue weighted by molar-refractivity contribution is 9.10. The van der Waals surface area contributed by atoms with Gasteiger partial charge in [-0.3, -0.25) is 9.59 Å². The van der Waals surface area contributed by atoms with Gasteiger partial charge in [0.05, 0.1) is 17.5 Å². The number of carbonyl (C=O) groups excluding carboxylic acids is 2. The van der Waals surface area contributed by atoms with Crippen LogP contribution in [0.4, 0.5) is 0 Å². The Morgan fingerprint density at radius 3 is 2.71 bits per heavy atom. The molecule has 7 nitrogen and oxygen atoms in total. The lowest BCUT2D eigenvalue weighted by Crippen LogP contribution is -2.60. The Labute approximate surface area is 177 Å². The largest absolute Gasteiger partial charge is 0.454 e. The van der Waals surface area contributed by atoms with E-state index in [1.54, 1.807) is 31.9 Å². The summed E-state index contributed by atoms with van der Waals surface area (Å²) in [7, 11) is 0.644. The third-order valence-electron chi connectivity index (χ3n) is 6.47. The fourth-order valence-electron chi connectivity index (χ4n) is 5.00. The van der Waals surface area contributed by atoms with Gasteiger partial charge >= 0.3 is 0 Å². The molecule has 1 spiro atoms. The average molecular weight is 482 g/mol. The number of rotatable bonds is 1. The molecule has 28 heavy (non-hydrogen) atoms. The van der Waals surface area contributed by atoms with E-state index >= 15 is 0 Å². The standard InChI is InChI=1S/C18H16BrN3O4S2/c1-16(7-20)6-18-15(24)21(3)17(2,28(18)27)14(23)22(18)13(16)11-9(19)4-5-10-12(11)26-8-25-10/h4-5,13H,6,8H2,1-3H3/t13-,16+,17+,18+,28?/m0/s1. The summed E-state index contributed by atoms with van der Waals surface area (Å²) in [6, 6.07) is 5.30. The molecule has 2 bridgehead atoms. The van der Waals surface area contributed by atoms with Gasteiger partial charge in [0.15, 0.2) is 21.2 Å². The highest BCUT2D eigenvalue weighted by Gasteiger charge is 2.81. The summed E-state index contributed by atoms with van der Waals surface area (Å²) in [6.45, 7) is 3.59. The molecule has 5 rings (SSSR count). The van der Waals surface area contributed by atoms with E-state index in [1.807, 2.05) is 6.07 Å². The second-order valence-electron chi connectivity index (χ2n) is 7.88. The summed E-state index contributed by atoms with van der Waals surface area (Å²) in [5, 5.41) is 10.1. The lowest BCUT2D eigenvalue weighted by atomic mass is 9.79. The minimum absolute atomic E-state index is 0.0681. The molecule has 0 saturated carbocycles. The second-order valence-corrected chi connectivity index (χ2v) is 11.7. The maximum Gasteiger partial charge on any atom is 0.261 e. The summed E-state index contributed by atoms with van der Waals surface area (Å²) < 4.78 is 11.9. The SMILES string of the molecule is CN1C(=O)[C@]23C[C@](C)(C#N)[C@H](c4c(Br)ccc5c4OCO5)N2C(=O)[C@@]1(C)S3=S. The number of carbonyl (C=O) groups is 2. The summed E-state index contributed by atoms with van der Waals surface area (Å²) in [5.74, 6) is 0.671. The Morgan fingerprint density at radius 2 is 2.04 bits per heavy atom. The minimum Gasteiger partial charge on any atom is -0.454 e. The predicted molar refractivity (Wildman–Crippen MR) is 107 cm³/mol. The van der Waals surface area contributed by atoms with Gasteiger partial charge in [0.1, 0.15) is 0 Å². The number of fused-ring (bicyclic) bond motifs is 2. The number of ether oxygens (including phenoxy) is 2. The molecule has 10 heteroatoms. The molecule has 1 unspecified atom stereocenters. The Hall–Kier alpha value is -1.70. The second kappa shape index (κ2) is 5.26. The molecule has 1 aromatic rings. The lowest BCUT2D eigenvalue weighted by molar-refractivity contribution is -0.159. The molecule has 4 heterocycles. The zero-order chi connectivity index (χ0) is 20.2. The maximum atomic E-state index is 13.6. The molecule has 0 N–H and O–H groups in total. The third-order valence-corrected chi connectivity index (χ3v) is 11.3. The smallest absolute Gasteiger partial charge is 0.261 e. The number of likely N-dealkylation sites (N-methyl/N-ethyl adjacent to an activating group) is 1. The topological polar surface area (TPSA) is 82.9 Å².